The Balaban J connectivity index is 0.948. The molecule has 0 fully saturated rings. The van der Waals surface area contributed by atoms with Gasteiger partial charge >= 0.3 is 0 Å². The van der Waals surface area contributed by atoms with Crippen molar-refractivity contribution in [3.63, 3.8) is 0 Å². The molecule has 6 nitrogen and oxygen atoms in total. The third-order valence-electron chi connectivity index (χ3n) is 25.7. The first-order valence-corrected chi connectivity index (χ1v) is 42.1. The number of hydrogen-bond acceptors (Lipinski definition) is 4. The molecule has 0 amide bonds. The van der Waals surface area contributed by atoms with E-state index in [0.717, 1.165) is 167 Å². The molecule has 0 N–H and O–H groups in total. The maximum absolute atomic E-state index is 7.58. The first-order chi connectivity index (χ1) is 57.6. The molecule has 0 radical (unpaired) electrons. The van der Waals surface area contributed by atoms with Gasteiger partial charge in [0.15, 0.2) is 0 Å². The third kappa shape index (κ3) is 11.4. The number of rotatable bonds is 9. The number of fused-ring (bicyclic) bond motifs is 17. The van der Waals surface area contributed by atoms with Gasteiger partial charge in [-0.05, 0) is 203 Å². The summed E-state index contributed by atoms with van der Waals surface area (Å²) in [4.78, 5) is 5.45. The number of para-hydroxylation sites is 4. The van der Waals surface area contributed by atoms with E-state index in [2.05, 4.69) is 436 Å². The first kappa shape index (κ1) is 71.9. The van der Waals surface area contributed by atoms with Gasteiger partial charge < -0.3 is 27.8 Å². The zero-order chi connectivity index (χ0) is 80.9. The Morgan fingerprint density at radius 2 is 0.613 bits per heavy atom. The van der Waals surface area contributed by atoms with Crippen LogP contribution in [0.15, 0.2) is 342 Å². The molecule has 4 aromatic heterocycles. The lowest BCUT2D eigenvalue weighted by molar-refractivity contribution is 0.590. The Labute approximate surface area is 695 Å². The van der Waals surface area contributed by atoms with E-state index in [1.165, 1.54) is 60.2 Å². The van der Waals surface area contributed by atoms with Crippen LogP contribution in [0.3, 0.4) is 0 Å². The minimum Gasteiger partial charge on any atom is -0.456 e. The Hall–Kier alpha value is -13.6. The number of benzene rings is 16. The molecule has 0 aliphatic carbocycles. The third-order valence-corrected chi connectivity index (χ3v) is 25.7. The summed E-state index contributed by atoms with van der Waals surface area (Å²) in [5.74, 6) is 0. The van der Waals surface area contributed by atoms with E-state index in [4.69, 9.17) is 8.83 Å². The monoisotopic (exact) mass is 1530 g/mol. The van der Waals surface area contributed by atoms with Crippen LogP contribution in [-0.4, -0.2) is 15.8 Å². The van der Waals surface area contributed by atoms with Gasteiger partial charge in [-0.1, -0.05) is 301 Å². The summed E-state index contributed by atoms with van der Waals surface area (Å²) < 4.78 is 19.4. The zero-order valence-corrected chi connectivity index (χ0v) is 69.4. The molecule has 0 spiro atoms. The second-order valence-electron chi connectivity index (χ2n) is 37.2. The average Bonchev–Trinajstić information content (AvgIpc) is 0.841. The van der Waals surface area contributed by atoms with E-state index in [0.29, 0.717) is 0 Å². The molecular formula is C112H91BN4O2. The molecular weight excluding hydrogens is 1440 g/mol. The maximum atomic E-state index is 7.58. The second kappa shape index (κ2) is 26.4. The fraction of sp³-hybridized carbons (Fsp3) is 0.143. The maximum Gasteiger partial charge on any atom is 0.252 e. The van der Waals surface area contributed by atoms with E-state index in [9.17, 15) is 0 Å². The molecule has 2 aliphatic rings. The predicted molar refractivity (Wildman–Crippen MR) is 506 cm³/mol. The fourth-order valence-electron chi connectivity index (χ4n) is 19.6. The molecule has 20 aromatic rings. The molecule has 0 bridgehead atoms. The van der Waals surface area contributed by atoms with Crippen molar-refractivity contribution in [2.75, 3.05) is 9.80 Å². The van der Waals surface area contributed by atoms with E-state index < -0.39 is 0 Å². The van der Waals surface area contributed by atoms with Crippen molar-refractivity contribution in [1.29, 1.82) is 0 Å². The molecule has 0 saturated heterocycles. The topological polar surface area (TPSA) is 42.6 Å². The Bertz CT molecular complexity index is 7320. The van der Waals surface area contributed by atoms with Gasteiger partial charge in [-0.3, -0.25) is 0 Å². The van der Waals surface area contributed by atoms with Crippen LogP contribution in [0.1, 0.15) is 105 Å². The summed E-state index contributed by atoms with van der Waals surface area (Å²) in [5.41, 5.74) is 35.4. The van der Waals surface area contributed by atoms with Gasteiger partial charge in [0.25, 0.3) is 6.71 Å². The van der Waals surface area contributed by atoms with Crippen LogP contribution in [0.4, 0.5) is 34.1 Å². The molecule has 7 heteroatoms. The van der Waals surface area contributed by atoms with Crippen molar-refractivity contribution in [1.82, 2.24) is 9.13 Å². The van der Waals surface area contributed by atoms with Crippen LogP contribution >= 0.6 is 0 Å². The van der Waals surface area contributed by atoms with Gasteiger partial charge in [0.2, 0.25) is 0 Å². The average molecular weight is 1540 g/mol. The second-order valence-corrected chi connectivity index (χ2v) is 37.2. The highest BCUT2D eigenvalue weighted by Gasteiger charge is 2.47. The Kier molecular flexibility index (Phi) is 16.0. The highest BCUT2D eigenvalue weighted by atomic mass is 16.3. The number of nitrogens with zero attached hydrogens (tertiary/aromatic N) is 4. The van der Waals surface area contributed by atoms with E-state index in [-0.39, 0.29) is 28.4 Å². The van der Waals surface area contributed by atoms with E-state index in [1.807, 2.05) is 0 Å². The summed E-state index contributed by atoms with van der Waals surface area (Å²) >= 11 is 0. The molecule has 0 atom stereocenters. The molecule has 22 rings (SSSR count). The summed E-state index contributed by atoms with van der Waals surface area (Å²) in [7, 11) is 0. The van der Waals surface area contributed by atoms with Gasteiger partial charge in [0.05, 0.1) is 33.4 Å². The summed E-state index contributed by atoms with van der Waals surface area (Å²) in [6.45, 7) is 27.8. The quantitative estimate of drug-likeness (QED) is 0.135. The predicted octanol–water partition coefficient (Wildman–Crippen LogP) is 29.3. The van der Waals surface area contributed by atoms with Gasteiger partial charge in [-0.2, -0.15) is 0 Å². The van der Waals surface area contributed by atoms with E-state index in [1.54, 1.807) is 0 Å². The van der Waals surface area contributed by atoms with Crippen molar-refractivity contribution in [2.24, 2.45) is 0 Å². The number of aromatic nitrogens is 2. The lowest BCUT2D eigenvalue weighted by Crippen LogP contribution is -2.61. The van der Waals surface area contributed by atoms with Crippen LogP contribution in [0.2, 0.25) is 0 Å². The molecule has 119 heavy (non-hydrogen) atoms. The normalized spacial score (nSPS) is 13.2. The van der Waals surface area contributed by atoms with Crippen LogP contribution in [0.5, 0.6) is 0 Å². The molecule has 6 heterocycles. The van der Waals surface area contributed by atoms with Crippen molar-refractivity contribution in [2.45, 2.75) is 105 Å². The highest BCUT2D eigenvalue weighted by molar-refractivity contribution is 7.00. The number of furan rings is 2. The number of anilines is 6. The smallest absolute Gasteiger partial charge is 0.252 e. The summed E-state index contributed by atoms with van der Waals surface area (Å²) in [5, 5.41) is 9.05. The first-order valence-electron chi connectivity index (χ1n) is 42.1. The SMILES string of the molecule is CC(C)(C)c1cc(-c2ccccc2)c(N2c3cc(-n4c5ccccc5c5ccccc54)ccc3B3c4ccc(-n5c6ccc(C(C)(C)C)cc6c6cc(C(C)(C)C)ccc65)cc4N(c4c(-c5ccccc5)cc(C(C)(C)C)cc4-c4ccccc4)c4cc(-c5cccc6c5oc5ccc7oc8ccccc8c7c56)cc2c43)c(-c2ccccc2)c1. The van der Waals surface area contributed by atoms with Crippen LogP contribution in [0, 0.1) is 0 Å². The summed E-state index contributed by atoms with van der Waals surface area (Å²) in [6, 6.07) is 127. The molecule has 2 aliphatic heterocycles. The molecule has 574 valence electrons. The molecule has 16 aromatic carbocycles. The zero-order valence-electron chi connectivity index (χ0n) is 69.4. The highest BCUT2D eigenvalue weighted by Crippen LogP contribution is 2.57. The van der Waals surface area contributed by atoms with Crippen molar-refractivity contribution in [3.8, 4) is 67.0 Å². The van der Waals surface area contributed by atoms with Gasteiger partial charge in [-0.25, -0.2) is 0 Å². The molecule has 0 unspecified atom stereocenters. The standard InChI is InChI=1S/C112H91BN4O2/c1-109(2,3)73-48-54-94-88(60-73)89-61-74(110(4,5)6)49-55-95(89)115(94)78-51-53-91-97(67-78)117(107-86(70-36-21-15-22-37-70)64-76(112(10,11)12)65-87(107)71-38-23-16-24-39-71)99-59-72(79-43-31-44-83-104-102(119-108(79)83)57-56-101-103(104)82-42-27-30-47-100(82)118-101)58-98-105(99)113(91)90-52-50-77(114-92-45-28-25-40-80(92)81-41-26-29-46-93(81)114)66-96(90)116(98)106-84(68-32-17-13-18-33-68)62-75(111(7,8)9)63-85(106)69-34-19-14-20-35-69/h13-67H,1-12H3. The van der Waals surface area contributed by atoms with Gasteiger partial charge in [0.1, 0.15) is 22.3 Å². The van der Waals surface area contributed by atoms with Crippen LogP contribution in [0.25, 0.3) is 154 Å². The van der Waals surface area contributed by atoms with Crippen LogP contribution in [-0.2, 0) is 21.7 Å². The van der Waals surface area contributed by atoms with Gasteiger partial charge in [0, 0.05) is 105 Å². The minimum atomic E-state index is -0.345. The summed E-state index contributed by atoms with van der Waals surface area (Å²) in [6.07, 6.45) is 0. The number of hydrogen-bond donors (Lipinski definition) is 0. The van der Waals surface area contributed by atoms with Crippen LogP contribution < -0.4 is 26.2 Å². The van der Waals surface area contributed by atoms with Gasteiger partial charge in [-0.15, -0.1) is 0 Å². The largest absolute Gasteiger partial charge is 0.456 e. The van der Waals surface area contributed by atoms with Crippen molar-refractivity contribution >= 4 is 145 Å². The lowest BCUT2D eigenvalue weighted by atomic mass is 9.33. The minimum absolute atomic E-state index is 0.0908. The molecule has 0 saturated carbocycles. The fourth-order valence-corrected chi connectivity index (χ4v) is 19.6. The Morgan fingerprint density at radius 1 is 0.244 bits per heavy atom. The lowest BCUT2D eigenvalue weighted by Gasteiger charge is -2.46. The van der Waals surface area contributed by atoms with Crippen molar-refractivity contribution < 1.29 is 8.83 Å². The van der Waals surface area contributed by atoms with E-state index >= 15 is 0 Å². The Morgan fingerprint density at radius 3 is 1.04 bits per heavy atom. The van der Waals surface area contributed by atoms with Crippen molar-refractivity contribution in [3.05, 3.63) is 356 Å².